The average Bonchev–Trinajstić information content (AvgIpc) is 3.25. The van der Waals surface area contributed by atoms with E-state index in [1.807, 2.05) is 0 Å². The van der Waals surface area contributed by atoms with E-state index in [9.17, 15) is 29.3 Å². The average molecular weight is 428 g/mol. The number of Topliss-reactive ketones (excluding diaryl/α,β-unsaturated/α-hetero) is 1. The topological polar surface area (TPSA) is 170 Å². The molecule has 0 amide bonds. The molecule has 3 aromatic rings. The highest BCUT2D eigenvalue weighted by Crippen LogP contribution is 2.24. The van der Waals surface area contributed by atoms with Crippen molar-refractivity contribution in [3.8, 4) is 11.3 Å². The molecular formula is C19H16N4O8. The number of hydrogen-bond donors (Lipinski definition) is 1. The predicted octanol–water partition coefficient (Wildman–Crippen LogP) is 0.874. The molecule has 0 bridgehead atoms. The van der Waals surface area contributed by atoms with Crippen molar-refractivity contribution < 1.29 is 23.7 Å². The molecule has 0 fully saturated rings. The quantitative estimate of drug-likeness (QED) is 0.259. The molecule has 0 atom stereocenters. The van der Waals surface area contributed by atoms with Crippen LogP contribution in [0.25, 0.3) is 11.3 Å². The van der Waals surface area contributed by atoms with Gasteiger partial charge in [-0.15, -0.1) is 0 Å². The van der Waals surface area contributed by atoms with Crippen LogP contribution >= 0.6 is 0 Å². The number of anilines is 1. The monoisotopic (exact) mass is 428 g/mol. The Labute approximate surface area is 173 Å². The van der Waals surface area contributed by atoms with Crippen molar-refractivity contribution >= 4 is 23.3 Å². The van der Waals surface area contributed by atoms with E-state index < -0.39 is 40.1 Å². The highest BCUT2D eigenvalue weighted by Gasteiger charge is 2.22. The third-order valence-corrected chi connectivity index (χ3v) is 4.49. The van der Waals surface area contributed by atoms with E-state index in [1.165, 1.54) is 50.5 Å². The minimum atomic E-state index is -0.971. The summed E-state index contributed by atoms with van der Waals surface area (Å²) in [5, 5.41) is 10.7. The fraction of sp³-hybridized carbons (Fsp3) is 0.158. The summed E-state index contributed by atoms with van der Waals surface area (Å²) in [6.07, 6.45) is 0. The zero-order valence-corrected chi connectivity index (χ0v) is 16.4. The smallest absolute Gasteiger partial charge is 0.374 e. The predicted molar refractivity (Wildman–Crippen MR) is 107 cm³/mol. The first kappa shape index (κ1) is 21.2. The largest absolute Gasteiger partial charge is 0.451 e. The van der Waals surface area contributed by atoms with E-state index in [-0.39, 0.29) is 23.0 Å². The van der Waals surface area contributed by atoms with Crippen LogP contribution in [0.2, 0.25) is 0 Å². The molecule has 0 spiro atoms. The van der Waals surface area contributed by atoms with E-state index in [4.69, 9.17) is 14.9 Å². The lowest BCUT2D eigenvalue weighted by molar-refractivity contribution is -0.384. The lowest BCUT2D eigenvalue weighted by Crippen LogP contribution is -2.42. The second-order valence-corrected chi connectivity index (χ2v) is 6.43. The van der Waals surface area contributed by atoms with Crippen molar-refractivity contribution in [3.05, 3.63) is 78.7 Å². The number of hydrogen-bond acceptors (Lipinski definition) is 9. The second-order valence-electron chi connectivity index (χ2n) is 6.43. The van der Waals surface area contributed by atoms with Crippen molar-refractivity contribution in [2.45, 2.75) is 0 Å². The molecule has 12 nitrogen and oxygen atoms in total. The molecule has 0 aliphatic heterocycles. The van der Waals surface area contributed by atoms with Crippen LogP contribution in [0.3, 0.4) is 0 Å². The number of carbonyl (C=O) groups is 2. The van der Waals surface area contributed by atoms with Crippen molar-refractivity contribution in [3.63, 3.8) is 0 Å². The standard InChI is InChI=1S/C19H16N4O8/c1-21-16(20)15(17(25)22(2)19(21)27)12(24)9-30-18(26)14-8-7-13(31-14)10-3-5-11(6-4-10)23(28)29/h3-8H,9,20H2,1-2H3. The Morgan fingerprint density at radius 1 is 1.10 bits per heavy atom. The van der Waals surface area contributed by atoms with Crippen LogP contribution in [0.5, 0.6) is 0 Å². The Morgan fingerprint density at radius 2 is 1.74 bits per heavy atom. The first-order chi connectivity index (χ1) is 14.6. The number of nitrogen functional groups attached to an aromatic ring is 1. The highest BCUT2D eigenvalue weighted by atomic mass is 16.6. The molecule has 0 radical (unpaired) electrons. The van der Waals surface area contributed by atoms with Crippen LogP contribution in [0.15, 0.2) is 50.4 Å². The maximum Gasteiger partial charge on any atom is 0.374 e. The van der Waals surface area contributed by atoms with E-state index in [2.05, 4.69) is 0 Å². The number of carbonyl (C=O) groups excluding carboxylic acids is 2. The number of nitrogens with zero attached hydrogens (tertiary/aromatic N) is 3. The zero-order valence-electron chi connectivity index (χ0n) is 16.4. The van der Waals surface area contributed by atoms with Gasteiger partial charge in [0.2, 0.25) is 11.5 Å². The fourth-order valence-electron chi connectivity index (χ4n) is 2.75. The molecule has 12 heteroatoms. The van der Waals surface area contributed by atoms with Gasteiger partial charge in [-0.2, -0.15) is 0 Å². The number of ether oxygens (including phenoxy) is 1. The molecule has 3 rings (SSSR count). The van der Waals surface area contributed by atoms with Gasteiger partial charge in [-0.05, 0) is 24.3 Å². The van der Waals surface area contributed by atoms with E-state index in [0.717, 1.165) is 4.57 Å². The highest BCUT2D eigenvalue weighted by molar-refractivity contribution is 6.02. The Bertz CT molecular complexity index is 1310. The summed E-state index contributed by atoms with van der Waals surface area (Å²) < 4.78 is 11.9. The number of nitrogens with two attached hydrogens (primary N) is 1. The number of nitro groups is 1. The second kappa shape index (κ2) is 8.10. The van der Waals surface area contributed by atoms with Crippen LogP contribution in [0.1, 0.15) is 20.9 Å². The zero-order chi connectivity index (χ0) is 22.9. The Morgan fingerprint density at radius 3 is 2.35 bits per heavy atom. The number of benzene rings is 1. The van der Waals surface area contributed by atoms with E-state index in [0.29, 0.717) is 10.1 Å². The van der Waals surface area contributed by atoms with Crippen LogP contribution < -0.4 is 17.0 Å². The van der Waals surface area contributed by atoms with Gasteiger partial charge in [0.15, 0.2) is 6.61 Å². The molecule has 0 aliphatic carbocycles. The first-order valence-electron chi connectivity index (χ1n) is 8.72. The molecule has 2 aromatic heterocycles. The molecule has 2 heterocycles. The van der Waals surface area contributed by atoms with Gasteiger partial charge in [0.25, 0.3) is 11.2 Å². The molecular weight excluding hydrogens is 412 g/mol. The summed E-state index contributed by atoms with van der Waals surface area (Å²) >= 11 is 0. The number of non-ortho nitro benzene ring substituents is 1. The van der Waals surface area contributed by atoms with Crippen LogP contribution in [0.4, 0.5) is 11.5 Å². The molecule has 1 aromatic carbocycles. The lowest BCUT2D eigenvalue weighted by atomic mass is 10.1. The molecule has 31 heavy (non-hydrogen) atoms. The van der Waals surface area contributed by atoms with Crippen molar-refractivity contribution in [1.82, 2.24) is 9.13 Å². The summed E-state index contributed by atoms with van der Waals surface area (Å²) in [5.74, 6) is -2.16. The number of esters is 1. The third-order valence-electron chi connectivity index (χ3n) is 4.49. The van der Waals surface area contributed by atoms with Gasteiger partial charge in [0.05, 0.1) is 4.92 Å². The van der Waals surface area contributed by atoms with E-state index in [1.54, 1.807) is 0 Å². The number of ketones is 1. The summed E-state index contributed by atoms with van der Waals surface area (Å²) in [6.45, 7) is -0.802. The van der Waals surface area contributed by atoms with Gasteiger partial charge < -0.3 is 14.9 Å². The molecule has 2 N–H and O–H groups in total. The maximum absolute atomic E-state index is 12.4. The summed E-state index contributed by atoms with van der Waals surface area (Å²) in [7, 11) is 2.48. The van der Waals surface area contributed by atoms with Gasteiger partial charge in [0.1, 0.15) is 17.1 Å². The Kier molecular flexibility index (Phi) is 5.55. The maximum atomic E-state index is 12.4. The Balaban J connectivity index is 1.74. The number of nitro benzene ring substituents is 1. The SMILES string of the molecule is Cn1c(N)c(C(=O)COC(=O)c2ccc(-c3ccc([N+](=O)[O-])cc3)o2)c(=O)n(C)c1=O. The lowest BCUT2D eigenvalue weighted by Gasteiger charge is -2.10. The minimum absolute atomic E-state index is 0.0997. The molecule has 0 saturated heterocycles. The van der Waals surface area contributed by atoms with Crippen LogP contribution in [-0.2, 0) is 18.8 Å². The van der Waals surface area contributed by atoms with Gasteiger partial charge in [-0.3, -0.25) is 28.8 Å². The van der Waals surface area contributed by atoms with Crippen molar-refractivity contribution in [2.75, 3.05) is 12.3 Å². The number of aromatic nitrogens is 2. The number of furan rings is 1. The minimum Gasteiger partial charge on any atom is -0.451 e. The van der Waals surface area contributed by atoms with Gasteiger partial charge >= 0.3 is 11.7 Å². The van der Waals surface area contributed by atoms with Crippen LogP contribution in [0, 0.1) is 10.1 Å². The third kappa shape index (κ3) is 3.99. The van der Waals surface area contributed by atoms with Gasteiger partial charge in [-0.1, -0.05) is 0 Å². The van der Waals surface area contributed by atoms with Crippen LogP contribution in [-0.4, -0.2) is 32.4 Å². The summed E-state index contributed by atoms with van der Waals surface area (Å²) in [4.78, 5) is 58.8. The van der Waals surface area contributed by atoms with E-state index >= 15 is 0 Å². The molecule has 0 aliphatic rings. The number of rotatable bonds is 6. The fourth-order valence-corrected chi connectivity index (χ4v) is 2.75. The Hall–Kier alpha value is -4.48. The summed E-state index contributed by atoms with van der Waals surface area (Å²) in [6, 6.07) is 8.24. The van der Waals surface area contributed by atoms with Crippen molar-refractivity contribution in [1.29, 1.82) is 0 Å². The normalized spacial score (nSPS) is 10.6. The van der Waals surface area contributed by atoms with Gasteiger partial charge in [0, 0.05) is 31.8 Å². The molecule has 0 unspecified atom stereocenters. The van der Waals surface area contributed by atoms with Crippen molar-refractivity contribution in [2.24, 2.45) is 14.1 Å². The van der Waals surface area contributed by atoms with Gasteiger partial charge in [-0.25, -0.2) is 9.59 Å². The summed E-state index contributed by atoms with van der Waals surface area (Å²) in [5.41, 5.74) is 4.01. The molecule has 160 valence electrons. The first-order valence-corrected chi connectivity index (χ1v) is 8.72. The molecule has 0 saturated carbocycles.